The van der Waals surface area contributed by atoms with Crippen molar-refractivity contribution in [1.29, 1.82) is 0 Å². The zero-order valence-corrected chi connectivity index (χ0v) is 10.9. The Morgan fingerprint density at radius 1 is 1.28 bits per heavy atom. The molecule has 18 heavy (non-hydrogen) atoms. The van der Waals surface area contributed by atoms with Crippen molar-refractivity contribution in [3.05, 3.63) is 41.7 Å². The third-order valence-corrected chi connectivity index (χ3v) is 2.85. The standard InChI is InChI=1S/C13H18N4O/c1-16(2)12-6-4-10(5-7-12)13(18)8-11-9-17(3)15-14-11/h4-7,9,13,18H,8H2,1-3H3. The van der Waals surface area contributed by atoms with Gasteiger partial charge >= 0.3 is 0 Å². The number of aromatic nitrogens is 3. The second-order valence-electron chi connectivity index (χ2n) is 4.59. The summed E-state index contributed by atoms with van der Waals surface area (Å²) >= 11 is 0. The maximum Gasteiger partial charge on any atom is 0.0856 e. The molecule has 0 aliphatic carbocycles. The molecule has 2 aromatic rings. The molecule has 5 heteroatoms. The molecule has 0 saturated carbocycles. The largest absolute Gasteiger partial charge is 0.388 e. The Balaban J connectivity index is 2.06. The monoisotopic (exact) mass is 246 g/mol. The van der Waals surface area contributed by atoms with Crippen LogP contribution < -0.4 is 4.90 Å². The van der Waals surface area contributed by atoms with E-state index in [1.165, 1.54) is 0 Å². The lowest BCUT2D eigenvalue weighted by molar-refractivity contribution is 0.177. The summed E-state index contributed by atoms with van der Waals surface area (Å²) in [5.41, 5.74) is 2.80. The molecule has 1 heterocycles. The number of rotatable bonds is 4. The zero-order chi connectivity index (χ0) is 13.1. The van der Waals surface area contributed by atoms with Crippen molar-refractivity contribution in [2.75, 3.05) is 19.0 Å². The van der Waals surface area contributed by atoms with E-state index in [9.17, 15) is 5.11 Å². The Morgan fingerprint density at radius 3 is 2.44 bits per heavy atom. The fourth-order valence-corrected chi connectivity index (χ4v) is 1.80. The van der Waals surface area contributed by atoms with Crippen LogP contribution in [-0.2, 0) is 13.5 Å². The summed E-state index contributed by atoms with van der Waals surface area (Å²) in [7, 11) is 5.80. The molecule has 96 valence electrons. The molecular weight excluding hydrogens is 228 g/mol. The first kappa shape index (κ1) is 12.6. The molecule has 0 fully saturated rings. The van der Waals surface area contributed by atoms with Crippen LogP contribution in [-0.4, -0.2) is 34.2 Å². The van der Waals surface area contributed by atoms with Crippen molar-refractivity contribution >= 4 is 5.69 Å². The third-order valence-electron chi connectivity index (χ3n) is 2.85. The molecule has 0 radical (unpaired) electrons. The van der Waals surface area contributed by atoms with E-state index < -0.39 is 6.10 Å². The number of aryl methyl sites for hydroxylation is 1. The van der Waals surface area contributed by atoms with Crippen LogP contribution in [0.25, 0.3) is 0 Å². The summed E-state index contributed by atoms with van der Waals surface area (Å²) in [6.45, 7) is 0. The minimum absolute atomic E-state index is 0.481. The van der Waals surface area contributed by atoms with Crippen LogP contribution in [0.1, 0.15) is 17.4 Å². The van der Waals surface area contributed by atoms with Gasteiger partial charge in [-0.1, -0.05) is 17.3 Å². The SMILES string of the molecule is CN(C)c1ccc(C(O)Cc2cn(C)nn2)cc1. The predicted octanol–water partition coefficient (Wildman–Crippen LogP) is 1.16. The molecule has 0 spiro atoms. The van der Waals surface area contributed by atoms with E-state index in [0.717, 1.165) is 16.9 Å². The molecule has 0 aliphatic heterocycles. The second kappa shape index (κ2) is 5.18. The summed E-state index contributed by atoms with van der Waals surface area (Å²) in [4.78, 5) is 2.03. The molecule has 5 nitrogen and oxygen atoms in total. The summed E-state index contributed by atoms with van der Waals surface area (Å²) in [6.07, 6.45) is 1.75. The van der Waals surface area contributed by atoms with Crippen molar-refractivity contribution in [3.63, 3.8) is 0 Å². The first-order valence-corrected chi connectivity index (χ1v) is 5.87. The maximum absolute atomic E-state index is 10.1. The minimum atomic E-state index is -0.544. The van der Waals surface area contributed by atoms with Crippen LogP contribution in [0.3, 0.4) is 0 Å². The van der Waals surface area contributed by atoms with Crippen LogP contribution in [0.2, 0.25) is 0 Å². The molecule has 1 aromatic carbocycles. The van der Waals surface area contributed by atoms with Gasteiger partial charge in [0.2, 0.25) is 0 Å². The number of benzene rings is 1. The van der Waals surface area contributed by atoms with Gasteiger partial charge in [0.25, 0.3) is 0 Å². The summed E-state index contributed by atoms with van der Waals surface area (Å²) in [5.74, 6) is 0. The Hall–Kier alpha value is -1.88. The fraction of sp³-hybridized carbons (Fsp3) is 0.385. The first-order valence-electron chi connectivity index (χ1n) is 5.87. The molecule has 1 N–H and O–H groups in total. The minimum Gasteiger partial charge on any atom is -0.388 e. The molecule has 0 aliphatic rings. The molecule has 0 amide bonds. The molecular formula is C13H18N4O. The number of aliphatic hydroxyl groups excluding tert-OH is 1. The molecule has 0 bridgehead atoms. The molecule has 0 saturated heterocycles. The second-order valence-corrected chi connectivity index (χ2v) is 4.59. The van der Waals surface area contributed by atoms with Gasteiger partial charge in [-0.2, -0.15) is 0 Å². The summed E-state index contributed by atoms with van der Waals surface area (Å²) in [5, 5.41) is 17.9. The summed E-state index contributed by atoms with van der Waals surface area (Å²) in [6, 6.07) is 7.87. The van der Waals surface area contributed by atoms with Gasteiger partial charge in [0.15, 0.2) is 0 Å². The van der Waals surface area contributed by atoms with Crippen LogP contribution in [0.5, 0.6) is 0 Å². The van der Waals surface area contributed by atoms with Gasteiger partial charge in [0, 0.05) is 39.4 Å². The van der Waals surface area contributed by atoms with Gasteiger partial charge in [-0.05, 0) is 17.7 Å². The number of hydrogen-bond acceptors (Lipinski definition) is 4. The Morgan fingerprint density at radius 2 is 1.94 bits per heavy atom. The zero-order valence-electron chi connectivity index (χ0n) is 10.9. The van der Waals surface area contributed by atoms with Gasteiger partial charge in [0.1, 0.15) is 0 Å². The van der Waals surface area contributed by atoms with Crippen LogP contribution in [0.15, 0.2) is 30.5 Å². The number of aliphatic hydroxyl groups is 1. The van der Waals surface area contributed by atoms with Gasteiger partial charge in [0.05, 0.1) is 11.8 Å². The number of anilines is 1. The highest BCUT2D eigenvalue weighted by atomic mass is 16.3. The van der Waals surface area contributed by atoms with Crippen LogP contribution in [0, 0.1) is 0 Å². The maximum atomic E-state index is 10.1. The van der Waals surface area contributed by atoms with E-state index in [1.807, 2.05) is 56.5 Å². The lowest BCUT2D eigenvalue weighted by Crippen LogP contribution is -2.09. The number of hydrogen-bond donors (Lipinski definition) is 1. The highest BCUT2D eigenvalue weighted by Crippen LogP contribution is 2.20. The number of nitrogens with zero attached hydrogens (tertiary/aromatic N) is 4. The van der Waals surface area contributed by atoms with E-state index in [1.54, 1.807) is 4.68 Å². The fourth-order valence-electron chi connectivity index (χ4n) is 1.80. The molecule has 1 atom stereocenters. The molecule has 1 aromatic heterocycles. The van der Waals surface area contributed by atoms with Crippen LogP contribution >= 0.6 is 0 Å². The predicted molar refractivity (Wildman–Crippen MR) is 70.4 cm³/mol. The van der Waals surface area contributed by atoms with Crippen molar-refractivity contribution in [2.45, 2.75) is 12.5 Å². The van der Waals surface area contributed by atoms with Crippen molar-refractivity contribution in [1.82, 2.24) is 15.0 Å². The van der Waals surface area contributed by atoms with E-state index in [2.05, 4.69) is 10.3 Å². The van der Waals surface area contributed by atoms with E-state index >= 15 is 0 Å². The van der Waals surface area contributed by atoms with Gasteiger partial charge < -0.3 is 10.0 Å². The van der Waals surface area contributed by atoms with Crippen molar-refractivity contribution < 1.29 is 5.11 Å². The van der Waals surface area contributed by atoms with Crippen molar-refractivity contribution in [2.24, 2.45) is 7.05 Å². The quantitative estimate of drug-likeness (QED) is 0.879. The van der Waals surface area contributed by atoms with Gasteiger partial charge in [-0.3, -0.25) is 4.68 Å². The lowest BCUT2D eigenvalue weighted by atomic mass is 10.0. The molecule has 1 unspecified atom stereocenters. The summed E-state index contributed by atoms with van der Waals surface area (Å²) < 4.78 is 1.64. The van der Waals surface area contributed by atoms with Gasteiger partial charge in [-0.15, -0.1) is 5.10 Å². The van der Waals surface area contributed by atoms with Crippen molar-refractivity contribution in [3.8, 4) is 0 Å². The van der Waals surface area contributed by atoms with Gasteiger partial charge in [-0.25, -0.2) is 0 Å². The average Bonchev–Trinajstić information content (AvgIpc) is 2.75. The topological polar surface area (TPSA) is 54.2 Å². The Labute approximate surface area is 107 Å². The van der Waals surface area contributed by atoms with E-state index in [0.29, 0.717) is 6.42 Å². The Kier molecular flexibility index (Phi) is 3.62. The average molecular weight is 246 g/mol. The van der Waals surface area contributed by atoms with E-state index in [4.69, 9.17) is 0 Å². The molecule has 2 rings (SSSR count). The normalized spacial score (nSPS) is 12.4. The van der Waals surface area contributed by atoms with E-state index in [-0.39, 0.29) is 0 Å². The smallest absolute Gasteiger partial charge is 0.0856 e. The Bertz CT molecular complexity index is 504. The lowest BCUT2D eigenvalue weighted by Gasteiger charge is -2.14. The van der Waals surface area contributed by atoms with Crippen LogP contribution in [0.4, 0.5) is 5.69 Å². The highest BCUT2D eigenvalue weighted by Gasteiger charge is 2.11. The first-order chi connectivity index (χ1) is 8.56. The third kappa shape index (κ3) is 2.87. The highest BCUT2D eigenvalue weighted by molar-refractivity contribution is 5.46.